The first-order valence-electron chi connectivity index (χ1n) is 6.13. The highest BCUT2D eigenvalue weighted by Crippen LogP contribution is 2.24. The lowest BCUT2D eigenvalue weighted by molar-refractivity contribution is 0.309. The maximum absolute atomic E-state index is 4.53. The maximum Gasteiger partial charge on any atom is 0.0767 e. The van der Waals surface area contributed by atoms with Crippen molar-refractivity contribution in [1.82, 2.24) is 14.7 Å². The van der Waals surface area contributed by atoms with E-state index < -0.39 is 0 Å². The number of aryl methyl sites for hydroxylation is 2. The second-order valence-electron chi connectivity index (χ2n) is 4.62. The van der Waals surface area contributed by atoms with Gasteiger partial charge in [-0.15, -0.1) is 11.3 Å². The molecule has 0 amide bonds. The third-order valence-corrected chi connectivity index (χ3v) is 5.47. The Morgan fingerprint density at radius 3 is 2.63 bits per heavy atom. The maximum atomic E-state index is 4.53. The molecule has 2 aromatic heterocycles. The third kappa shape index (κ3) is 3.68. The lowest BCUT2D eigenvalue weighted by atomic mass is 10.2. The molecule has 6 heteroatoms. The first-order chi connectivity index (χ1) is 9.01. The van der Waals surface area contributed by atoms with Crippen LogP contribution in [0.4, 0.5) is 0 Å². The molecule has 3 nitrogen and oxygen atoms in total. The standard InChI is InChI=1S/C13H17Br2N3S/c1-4-10-13(15)11(18(3)16-10)7-17(2)6-9-5-12(14)19-8-9/h5,8H,4,6-7H2,1-3H3. The van der Waals surface area contributed by atoms with Crippen LogP contribution in [0.5, 0.6) is 0 Å². The van der Waals surface area contributed by atoms with Crippen molar-refractivity contribution >= 4 is 43.2 Å². The Bertz CT molecular complexity index is 562. The van der Waals surface area contributed by atoms with Crippen LogP contribution in [0.2, 0.25) is 0 Å². The summed E-state index contributed by atoms with van der Waals surface area (Å²) in [7, 11) is 4.14. The van der Waals surface area contributed by atoms with Crippen molar-refractivity contribution < 1.29 is 0 Å². The largest absolute Gasteiger partial charge is 0.296 e. The summed E-state index contributed by atoms with van der Waals surface area (Å²) in [6.07, 6.45) is 0.954. The smallest absolute Gasteiger partial charge is 0.0767 e. The van der Waals surface area contributed by atoms with Gasteiger partial charge in [-0.3, -0.25) is 9.58 Å². The van der Waals surface area contributed by atoms with Crippen molar-refractivity contribution in [1.29, 1.82) is 0 Å². The van der Waals surface area contributed by atoms with Gasteiger partial charge in [-0.05, 0) is 62.3 Å². The van der Waals surface area contributed by atoms with Crippen LogP contribution in [0.1, 0.15) is 23.9 Å². The Morgan fingerprint density at radius 2 is 2.11 bits per heavy atom. The van der Waals surface area contributed by atoms with E-state index in [4.69, 9.17) is 0 Å². The van der Waals surface area contributed by atoms with E-state index in [1.165, 1.54) is 15.0 Å². The molecule has 0 aliphatic rings. The van der Waals surface area contributed by atoms with Crippen LogP contribution >= 0.6 is 43.2 Å². The molecule has 0 saturated carbocycles. The highest BCUT2D eigenvalue weighted by atomic mass is 79.9. The van der Waals surface area contributed by atoms with Crippen molar-refractivity contribution in [2.24, 2.45) is 7.05 Å². The molecular formula is C13H17Br2N3S. The van der Waals surface area contributed by atoms with Gasteiger partial charge in [0.15, 0.2) is 0 Å². The summed E-state index contributed by atoms with van der Waals surface area (Å²) in [5.41, 5.74) is 3.70. The Kier molecular flexibility index (Phi) is 5.22. The van der Waals surface area contributed by atoms with E-state index in [0.29, 0.717) is 0 Å². The minimum Gasteiger partial charge on any atom is -0.296 e. The number of nitrogens with zero attached hydrogens (tertiary/aromatic N) is 3. The Morgan fingerprint density at radius 1 is 1.37 bits per heavy atom. The van der Waals surface area contributed by atoms with Gasteiger partial charge in [0.05, 0.1) is 19.6 Å². The second kappa shape index (κ2) is 6.52. The molecule has 0 N–H and O–H groups in total. The molecule has 0 atom stereocenters. The molecule has 2 aromatic rings. The minimum absolute atomic E-state index is 0.886. The zero-order valence-electron chi connectivity index (χ0n) is 11.3. The SMILES string of the molecule is CCc1nn(C)c(CN(C)Cc2csc(Br)c2)c1Br. The van der Waals surface area contributed by atoms with E-state index in [2.05, 4.69) is 67.3 Å². The molecule has 0 fully saturated rings. The quantitative estimate of drug-likeness (QED) is 0.741. The molecule has 2 heterocycles. The predicted octanol–water partition coefficient (Wildman–Crippen LogP) is 4.20. The number of aromatic nitrogens is 2. The van der Waals surface area contributed by atoms with Crippen LogP contribution in [0.25, 0.3) is 0 Å². The Labute approximate surface area is 134 Å². The number of halogens is 2. The molecule has 19 heavy (non-hydrogen) atoms. The summed E-state index contributed by atoms with van der Waals surface area (Å²) < 4.78 is 4.31. The van der Waals surface area contributed by atoms with Crippen molar-refractivity contribution in [3.63, 3.8) is 0 Å². The fourth-order valence-electron chi connectivity index (χ4n) is 2.04. The first kappa shape index (κ1) is 15.2. The molecule has 0 aromatic carbocycles. The highest BCUT2D eigenvalue weighted by molar-refractivity contribution is 9.11. The summed E-state index contributed by atoms with van der Waals surface area (Å²) >= 11 is 8.90. The molecule has 0 unspecified atom stereocenters. The van der Waals surface area contributed by atoms with Gasteiger partial charge in [-0.2, -0.15) is 5.10 Å². The topological polar surface area (TPSA) is 21.1 Å². The molecule has 2 rings (SSSR count). The Balaban J connectivity index is 2.06. The molecule has 0 radical (unpaired) electrons. The van der Waals surface area contributed by atoms with Gasteiger partial charge in [0, 0.05) is 20.1 Å². The lowest BCUT2D eigenvalue weighted by Gasteiger charge is -2.16. The van der Waals surface area contributed by atoms with Gasteiger partial charge in [0.2, 0.25) is 0 Å². The first-order valence-corrected chi connectivity index (χ1v) is 8.59. The van der Waals surface area contributed by atoms with Crippen LogP contribution in [0.3, 0.4) is 0 Å². The van der Waals surface area contributed by atoms with Crippen molar-refractivity contribution in [2.75, 3.05) is 7.05 Å². The molecule has 0 spiro atoms. The molecule has 104 valence electrons. The van der Waals surface area contributed by atoms with Gasteiger partial charge in [-0.1, -0.05) is 6.92 Å². The second-order valence-corrected chi connectivity index (χ2v) is 7.70. The van der Waals surface area contributed by atoms with E-state index in [1.54, 1.807) is 11.3 Å². The monoisotopic (exact) mass is 405 g/mol. The zero-order chi connectivity index (χ0) is 14.0. The van der Waals surface area contributed by atoms with Crippen LogP contribution in [-0.2, 0) is 26.6 Å². The van der Waals surface area contributed by atoms with Crippen molar-refractivity contribution in [2.45, 2.75) is 26.4 Å². The van der Waals surface area contributed by atoms with E-state index in [0.717, 1.165) is 29.7 Å². The van der Waals surface area contributed by atoms with Gasteiger partial charge in [-0.25, -0.2) is 0 Å². The summed E-state index contributed by atoms with van der Waals surface area (Å²) in [6.45, 7) is 3.96. The van der Waals surface area contributed by atoms with Gasteiger partial charge < -0.3 is 0 Å². The van der Waals surface area contributed by atoms with E-state index in [-0.39, 0.29) is 0 Å². The molecular weight excluding hydrogens is 390 g/mol. The number of rotatable bonds is 5. The van der Waals surface area contributed by atoms with Crippen molar-refractivity contribution in [3.8, 4) is 0 Å². The van der Waals surface area contributed by atoms with Crippen LogP contribution < -0.4 is 0 Å². The summed E-state index contributed by atoms with van der Waals surface area (Å²) in [5.74, 6) is 0. The van der Waals surface area contributed by atoms with E-state index >= 15 is 0 Å². The summed E-state index contributed by atoms with van der Waals surface area (Å²) in [6, 6.07) is 2.18. The lowest BCUT2D eigenvalue weighted by Crippen LogP contribution is -2.19. The average molecular weight is 407 g/mol. The predicted molar refractivity (Wildman–Crippen MR) is 87.5 cm³/mol. The number of thiophene rings is 1. The van der Waals surface area contributed by atoms with Gasteiger partial charge in [0.25, 0.3) is 0 Å². The number of hydrogen-bond donors (Lipinski definition) is 0. The highest BCUT2D eigenvalue weighted by Gasteiger charge is 2.14. The average Bonchev–Trinajstić information content (AvgIpc) is 2.87. The molecule has 0 aliphatic carbocycles. The van der Waals surface area contributed by atoms with Crippen LogP contribution in [-0.4, -0.2) is 21.7 Å². The molecule has 0 saturated heterocycles. The Hall–Kier alpha value is -0.170. The third-order valence-electron chi connectivity index (χ3n) is 3.00. The van der Waals surface area contributed by atoms with E-state index in [9.17, 15) is 0 Å². The number of hydrogen-bond acceptors (Lipinski definition) is 3. The summed E-state index contributed by atoms with van der Waals surface area (Å²) in [5, 5.41) is 6.72. The molecule has 0 bridgehead atoms. The normalized spacial score (nSPS) is 11.5. The summed E-state index contributed by atoms with van der Waals surface area (Å²) in [4.78, 5) is 2.30. The fraction of sp³-hybridized carbons (Fsp3) is 0.462. The van der Waals surface area contributed by atoms with E-state index in [1.807, 2.05) is 11.7 Å². The fourth-order valence-corrected chi connectivity index (χ4v) is 3.99. The van der Waals surface area contributed by atoms with Gasteiger partial charge >= 0.3 is 0 Å². The molecule has 0 aliphatic heterocycles. The van der Waals surface area contributed by atoms with Crippen LogP contribution in [0.15, 0.2) is 19.7 Å². The minimum atomic E-state index is 0.886. The zero-order valence-corrected chi connectivity index (χ0v) is 15.3. The van der Waals surface area contributed by atoms with Crippen LogP contribution in [0, 0.1) is 0 Å². The van der Waals surface area contributed by atoms with Crippen molar-refractivity contribution in [3.05, 3.63) is 36.7 Å². The van der Waals surface area contributed by atoms with Gasteiger partial charge in [0.1, 0.15) is 0 Å².